The molecule has 0 radical (unpaired) electrons. The lowest BCUT2D eigenvalue weighted by atomic mass is 10.00. The molecule has 2 aromatic carbocycles. The molecule has 3 aromatic rings. The van der Waals surface area contributed by atoms with Crippen LogP contribution in [0.4, 0.5) is 0 Å². The monoisotopic (exact) mass is 396 g/mol. The van der Waals surface area contributed by atoms with Gasteiger partial charge in [0.2, 0.25) is 5.91 Å². The van der Waals surface area contributed by atoms with Gasteiger partial charge in [-0.05, 0) is 43.4 Å². The Morgan fingerprint density at radius 3 is 2.50 bits per heavy atom. The van der Waals surface area contributed by atoms with Crippen molar-refractivity contribution in [3.63, 3.8) is 0 Å². The molecule has 1 saturated carbocycles. The number of nitrogens with zero attached hydrogens (tertiary/aromatic N) is 1. The number of benzene rings is 2. The van der Waals surface area contributed by atoms with Gasteiger partial charge in [-0.1, -0.05) is 36.4 Å². The van der Waals surface area contributed by atoms with Gasteiger partial charge in [-0.15, -0.1) is 0 Å². The summed E-state index contributed by atoms with van der Waals surface area (Å²) in [5.74, 6) is -0.0855. The molecule has 1 fully saturated rings. The smallest absolute Gasteiger partial charge is 0.264 e. The normalized spacial score (nSPS) is 15.2. The second-order valence-electron chi connectivity index (χ2n) is 7.00. The molecule has 1 amide bonds. The Morgan fingerprint density at radius 1 is 1.07 bits per heavy atom. The molecule has 1 heterocycles. The minimum atomic E-state index is -4.04. The topological polar surface area (TPSA) is 85.4 Å². The van der Waals surface area contributed by atoms with Crippen LogP contribution in [0, 0.1) is 6.92 Å². The summed E-state index contributed by atoms with van der Waals surface area (Å²) in [5.41, 5.74) is 0.252. The number of fused-ring (bicyclic) bond motifs is 1. The van der Waals surface area contributed by atoms with Gasteiger partial charge < -0.3 is 4.74 Å². The fourth-order valence-corrected chi connectivity index (χ4v) is 4.74. The number of sulfonamides is 1. The van der Waals surface area contributed by atoms with Gasteiger partial charge in [-0.2, -0.15) is 0 Å². The molecule has 6 nitrogen and oxygen atoms in total. The molecule has 0 bridgehead atoms. The van der Waals surface area contributed by atoms with E-state index in [1.54, 1.807) is 30.3 Å². The van der Waals surface area contributed by atoms with Crippen LogP contribution in [0.15, 0.2) is 59.5 Å². The van der Waals surface area contributed by atoms with E-state index in [0.29, 0.717) is 29.7 Å². The van der Waals surface area contributed by atoms with E-state index in [0.717, 1.165) is 11.1 Å². The summed E-state index contributed by atoms with van der Waals surface area (Å²) in [6, 6.07) is 15.7. The van der Waals surface area contributed by atoms with Crippen LogP contribution >= 0.6 is 0 Å². The number of carbonyl (C=O) groups excluding carboxylic acids is 1. The molecular weight excluding hydrogens is 376 g/mol. The SMILES string of the molecule is COc1ccc(C)nc1C1(C(=O)NS(=O)(=O)c2cccc3ccccc23)CC1. The lowest BCUT2D eigenvalue weighted by Crippen LogP contribution is -2.39. The zero-order valence-corrected chi connectivity index (χ0v) is 16.4. The van der Waals surface area contributed by atoms with Gasteiger partial charge in [0, 0.05) is 11.1 Å². The van der Waals surface area contributed by atoms with Crippen molar-refractivity contribution in [1.29, 1.82) is 0 Å². The van der Waals surface area contributed by atoms with Crippen molar-refractivity contribution < 1.29 is 17.9 Å². The average molecular weight is 396 g/mol. The van der Waals surface area contributed by atoms with Crippen LogP contribution in [0.2, 0.25) is 0 Å². The highest BCUT2D eigenvalue weighted by Gasteiger charge is 2.55. The Kier molecular flexibility index (Phi) is 4.34. The maximum Gasteiger partial charge on any atom is 0.264 e. The van der Waals surface area contributed by atoms with Gasteiger partial charge in [-0.25, -0.2) is 13.1 Å². The first-order chi connectivity index (χ1) is 13.4. The second kappa shape index (κ2) is 6.60. The Bertz CT molecular complexity index is 1180. The standard InChI is InChI=1S/C21H20N2O4S/c1-14-10-11-17(27-2)19(22-14)21(12-13-21)20(24)23-28(25,26)18-9-5-7-15-6-3-4-8-16(15)18/h3-11H,12-13H2,1-2H3,(H,23,24). The van der Waals surface area contributed by atoms with Gasteiger partial charge >= 0.3 is 0 Å². The number of amides is 1. The molecule has 0 atom stereocenters. The van der Waals surface area contributed by atoms with Crippen LogP contribution in [0.25, 0.3) is 10.8 Å². The summed E-state index contributed by atoms with van der Waals surface area (Å²) in [4.78, 5) is 17.6. The van der Waals surface area contributed by atoms with Crippen LogP contribution < -0.4 is 9.46 Å². The Balaban J connectivity index is 1.71. The minimum absolute atomic E-state index is 0.0823. The molecule has 1 aliphatic rings. The van der Waals surface area contributed by atoms with E-state index >= 15 is 0 Å². The van der Waals surface area contributed by atoms with E-state index in [1.165, 1.54) is 13.2 Å². The predicted molar refractivity (Wildman–Crippen MR) is 106 cm³/mol. The molecular formula is C21H20N2O4S. The average Bonchev–Trinajstić information content (AvgIpc) is 3.49. The largest absolute Gasteiger partial charge is 0.495 e. The summed E-state index contributed by atoms with van der Waals surface area (Å²) < 4.78 is 33.6. The van der Waals surface area contributed by atoms with E-state index in [-0.39, 0.29) is 4.90 Å². The van der Waals surface area contributed by atoms with Crippen LogP contribution in [0.3, 0.4) is 0 Å². The number of hydrogen-bond donors (Lipinski definition) is 1. The zero-order chi connectivity index (χ0) is 19.9. The van der Waals surface area contributed by atoms with Crippen molar-refractivity contribution in [2.75, 3.05) is 7.11 Å². The predicted octanol–water partition coefficient (Wildman–Crippen LogP) is 3.09. The fourth-order valence-electron chi connectivity index (χ4n) is 3.45. The van der Waals surface area contributed by atoms with Gasteiger partial charge in [-0.3, -0.25) is 9.78 Å². The molecule has 0 unspecified atom stereocenters. The Hall–Kier alpha value is -2.93. The van der Waals surface area contributed by atoms with E-state index in [1.807, 2.05) is 25.1 Å². The first kappa shape index (κ1) is 18.4. The van der Waals surface area contributed by atoms with Crippen molar-refractivity contribution in [1.82, 2.24) is 9.71 Å². The molecule has 7 heteroatoms. The van der Waals surface area contributed by atoms with E-state index in [4.69, 9.17) is 4.74 Å². The third-order valence-corrected chi connectivity index (χ3v) is 6.51. The van der Waals surface area contributed by atoms with E-state index in [9.17, 15) is 13.2 Å². The first-order valence-corrected chi connectivity index (χ1v) is 10.4. The highest BCUT2D eigenvalue weighted by molar-refractivity contribution is 7.90. The lowest BCUT2D eigenvalue weighted by Gasteiger charge is -2.18. The molecule has 4 rings (SSSR count). The van der Waals surface area contributed by atoms with Gasteiger partial charge in [0.25, 0.3) is 10.0 Å². The molecule has 0 saturated heterocycles. The van der Waals surface area contributed by atoms with Crippen molar-refractivity contribution in [3.8, 4) is 5.75 Å². The number of nitrogens with one attached hydrogen (secondary N) is 1. The maximum absolute atomic E-state index is 13.0. The second-order valence-corrected chi connectivity index (χ2v) is 8.65. The molecule has 28 heavy (non-hydrogen) atoms. The summed E-state index contributed by atoms with van der Waals surface area (Å²) in [6.45, 7) is 1.82. The third kappa shape index (κ3) is 3.01. The van der Waals surface area contributed by atoms with Crippen LogP contribution in [0.1, 0.15) is 24.2 Å². The lowest BCUT2D eigenvalue weighted by molar-refractivity contribution is -0.121. The minimum Gasteiger partial charge on any atom is -0.495 e. The number of carbonyl (C=O) groups is 1. The first-order valence-electron chi connectivity index (χ1n) is 8.94. The van der Waals surface area contributed by atoms with Crippen molar-refractivity contribution in [3.05, 3.63) is 66.0 Å². The highest BCUT2D eigenvalue weighted by atomic mass is 32.2. The molecule has 1 N–H and O–H groups in total. The molecule has 144 valence electrons. The number of ether oxygens (including phenoxy) is 1. The van der Waals surface area contributed by atoms with Crippen molar-refractivity contribution in [2.45, 2.75) is 30.1 Å². The highest BCUT2D eigenvalue weighted by Crippen LogP contribution is 2.50. The van der Waals surface area contributed by atoms with Gasteiger partial charge in [0.15, 0.2) is 0 Å². The number of hydrogen-bond acceptors (Lipinski definition) is 5. The Morgan fingerprint density at radius 2 is 1.79 bits per heavy atom. The summed E-state index contributed by atoms with van der Waals surface area (Å²) >= 11 is 0. The van der Waals surface area contributed by atoms with Crippen LogP contribution in [0.5, 0.6) is 5.75 Å². The summed E-state index contributed by atoms with van der Waals surface area (Å²) in [7, 11) is -2.52. The van der Waals surface area contributed by atoms with Crippen LogP contribution in [-0.4, -0.2) is 26.4 Å². The number of methoxy groups -OCH3 is 1. The molecule has 0 aliphatic heterocycles. The number of aromatic nitrogens is 1. The van der Waals surface area contributed by atoms with E-state index < -0.39 is 21.3 Å². The van der Waals surface area contributed by atoms with Gasteiger partial charge in [0.1, 0.15) is 5.75 Å². The summed E-state index contributed by atoms with van der Waals surface area (Å²) in [6.07, 6.45) is 1.05. The quantitative estimate of drug-likeness (QED) is 0.716. The Labute approximate surface area is 163 Å². The zero-order valence-electron chi connectivity index (χ0n) is 15.6. The molecule has 1 aromatic heterocycles. The fraction of sp³-hybridized carbons (Fsp3) is 0.238. The number of pyridine rings is 1. The summed E-state index contributed by atoms with van der Waals surface area (Å²) in [5, 5.41) is 1.36. The van der Waals surface area contributed by atoms with E-state index in [2.05, 4.69) is 9.71 Å². The van der Waals surface area contributed by atoms with Crippen molar-refractivity contribution in [2.24, 2.45) is 0 Å². The maximum atomic E-state index is 13.0. The molecule has 0 spiro atoms. The number of rotatable bonds is 5. The van der Waals surface area contributed by atoms with Gasteiger partial charge in [0.05, 0.1) is 23.1 Å². The van der Waals surface area contributed by atoms with Crippen molar-refractivity contribution >= 4 is 26.7 Å². The molecule has 1 aliphatic carbocycles. The van der Waals surface area contributed by atoms with Crippen LogP contribution in [-0.2, 0) is 20.2 Å². The third-order valence-electron chi connectivity index (χ3n) is 5.12. The number of aryl methyl sites for hydroxylation is 1.